The van der Waals surface area contributed by atoms with Gasteiger partial charge in [-0.25, -0.2) is 0 Å². The van der Waals surface area contributed by atoms with Crippen LogP contribution in [0, 0.1) is 5.92 Å². The first-order chi connectivity index (χ1) is 16.4. The number of carbonyl (C=O) groups excluding carboxylic acids is 1. The number of anilines is 2. The largest absolute Gasteiger partial charge is 0.481 e. The molecule has 5 nitrogen and oxygen atoms in total. The Bertz CT molecular complexity index is 966. The summed E-state index contributed by atoms with van der Waals surface area (Å²) in [7, 11) is 0. The average molecular weight is 461 g/mol. The van der Waals surface area contributed by atoms with E-state index >= 15 is 0 Å². The van der Waals surface area contributed by atoms with Crippen LogP contribution in [0.3, 0.4) is 0 Å². The Morgan fingerprint density at radius 1 is 0.765 bits per heavy atom. The maximum Gasteiger partial charge on any atom is 0.307 e. The lowest BCUT2D eigenvalue weighted by Crippen LogP contribution is -2.25. The van der Waals surface area contributed by atoms with Gasteiger partial charge in [-0.3, -0.25) is 9.59 Å². The predicted octanol–water partition coefficient (Wildman–Crippen LogP) is 5.91. The van der Waals surface area contributed by atoms with Crippen molar-refractivity contribution in [2.24, 2.45) is 5.92 Å². The molecule has 0 spiro atoms. The van der Waals surface area contributed by atoms with Crippen molar-refractivity contribution in [2.75, 3.05) is 36.0 Å². The SMILES string of the molecule is CCN(CC)c1ccc(C=C2CC(C(=O)O)CC(=Cc3ccc(N(CC)CC)cc3)C2=O)cc1. The summed E-state index contributed by atoms with van der Waals surface area (Å²) in [4.78, 5) is 29.7. The molecule has 1 saturated carbocycles. The molecule has 5 heteroatoms. The summed E-state index contributed by atoms with van der Waals surface area (Å²) < 4.78 is 0. The highest BCUT2D eigenvalue weighted by atomic mass is 16.4. The van der Waals surface area contributed by atoms with Gasteiger partial charge in [0.25, 0.3) is 0 Å². The molecule has 0 bridgehead atoms. The van der Waals surface area contributed by atoms with E-state index in [1.54, 1.807) is 0 Å². The monoisotopic (exact) mass is 460 g/mol. The number of aliphatic carboxylic acids is 1. The van der Waals surface area contributed by atoms with Gasteiger partial charge in [-0.15, -0.1) is 0 Å². The first kappa shape index (κ1) is 25.3. The Kier molecular flexibility index (Phi) is 8.69. The Labute approximate surface area is 203 Å². The quantitative estimate of drug-likeness (QED) is 0.472. The number of allylic oxidation sites excluding steroid dienone is 2. The summed E-state index contributed by atoms with van der Waals surface area (Å²) >= 11 is 0. The number of carboxylic acids is 1. The number of carbonyl (C=O) groups is 2. The molecule has 3 rings (SSSR count). The second kappa shape index (κ2) is 11.7. The first-order valence-corrected chi connectivity index (χ1v) is 12.3. The van der Waals surface area contributed by atoms with Crippen LogP contribution in [-0.2, 0) is 9.59 Å². The molecule has 0 aliphatic heterocycles. The molecule has 180 valence electrons. The van der Waals surface area contributed by atoms with E-state index in [2.05, 4.69) is 61.8 Å². The minimum atomic E-state index is -0.863. The van der Waals surface area contributed by atoms with Crippen LogP contribution in [0.1, 0.15) is 51.7 Å². The highest BCUT2D eigenvalue weighted by Crippen LogP contribution is 2.33. The topological polar surface area (TPSA) is 60.9 Å². The lowest BCUT2D eigenvalue weighted by Gasteiger charge is -2.23. The standard InChI is InChI=1S/C29H36N2O3/c1-5-30(6-2)26-13-9-21(10-14-26)17-23-19-25(29(33)34)20-24(28(23)32)18-22-11-15-27(16-12-22)31(7-3)8-4/h9-18,25H,5-8,19-20H2,1-4H3,(H,33,34). The minimum absolute atomic E-state index is 0.0573. The molecule has 0 unspecified atom stereocenters. The molecule has 0 radical (unpaired) electrons. The third kappa shape index (κ3) is 5.96. The zero-order valence-electron chi connectivity index (χ0n) is 20.8. The van der Waals surface area contributed by atoms with Crippen molar-refractivity contribution in [3.8, 4) is 0 Å². The van der Waals surface area contributed by atoms with Crippen molar-refractivity contribution in [3.63, 3.8) is 0 Å². The van der Waals surface area contributed by atoms with Crippen molar-refractivity contribution >= 4 is 35.3 Å². The van der Waals surface area contributed by atoms with Gasteiger partial charge >= 0.3 is 5.97 Å². The van der Waals surface area contributed by atoms with Gasteiger partial charge in [0.15, 0.2) is 5.78 Å². The van der Waals surface area contributed by atoms with Gasteiger partial charge < -0.3 is 14.9 Å². The number of carboxylic acid groups (broad SMARTS) is 1. The summed E-state index contributed by atoms with van der Waals surface area (Å²) in [6, 6.07) is 16.2. The smallest absolute Gasteiger partial charge is 0.307 e. The second-order valence-electron chi connectivity index (χ2n) is 8.64. The van der Waals surface area contributed by atoms with Crippen molar-refractivity contribution < 1.29 is 14.7 Å². The number of Topliss-reactive ketones (excluding diaryl/α,β-unsaturated/α-hetero) is 1. The van der Waals surface area contributed by atoms with E-state index in [1.807, 2.05) is 36.4 Å². The van der Waals surface area contributed by atoms with Crippen molar-refractivity contribution in [1.82, 2.24) is 0 Å². The van der Waals surface area contributed by atoms with Crippen LogP contribution in [0.2, 0.25) is 0 Å². The van der Waals surface area contributed by atoms with Crippen LogP contribution in [0.15, 0.2) is 59.7 Å². The van der Waals surface area contributed by atoms with E-state index < -0.39 is 11.9 Å². The number of benzene rings is 2. The van der Waals surface area contributed by atoms with Crippen LogP contribution in [-0.4, -0.2) is 43.0 Å². The average Bonchev–Trinajstić information content (AvgIpc) is 2.85. The summed E-state index contributed by atoms with van der Waals surface area (Å²) in [6.07, 6.45) is 4.20. The van der Waals surface area contributed by atoms with Crippen molar-refractivity contribution in [2.45, 2.75) is 40.5 Å². The fourth-order valence-corrected chi connectivity index (χ4v) is 4.56. The maximum absolute atomic E-state index is 13.3. The van der Waals surface area contributed by atoms with Crippen LogP contribution < -0.4 is 9.80 Å². The highest BCUT2D eigenvalue weighted by Gasteiger charge is 2.31. The van der Waals surface area contributed by atoms with E-state index in [0.29, 0.717) is 11.1 Å². The lowest BCUT2D eigenvalue weighted by molar-refractivity contribution is -0.142. The fraction of sp³-hybridized carbons (Fsp3) is 0.379. The Balaban J connectivity index is 1.88. The normalized spacial score (nSPS) is 18.4. The maximum atomic E-state index is 13.3. The van der Waals surface area contributed by atoms with Crippen molar-refractivity contribution in [3.05, 3.63) is 70.8 Å². The zero-order valence-corrected chi connectivity index (χ0v) is 20.8. The molecule has 0 saturated heterocycles. The third-order valence-electron chi connectivity index (χ3n) is 6.59. The Morgan fingerprint density at radius 3 is 1.41 bits per heavy atom. The van der Waals surface area contributed by atoms with E-state index in [-0.39, 0.29) is 18.6 Å². The fourth-order valence-electron chi connectivity index (χ4n) is 4.56. The van der Waals surface area contributed by atoms with E-state index in [0.717, 1.165) is 48.7 Å². The van der Waals surface area contributed by atoms with Gasteiger partial charge in [0.05, 0.1) is 5.92 Å². The van der Waals surface area contributed by atoms with E-state index in [1.165, 1.54) is 0 Å². The molecule has 0 amide bonds. The van der Waals surface area contributed by atoms with Crippen LogP contribution in [0.25, 0.3) is 12.2 Å². The van der Waals surface area contributed by atoms with Gasteiger partial charge in [0, 0.05) is 48.7 Å². The van der Waals surface area contributed by atoms with Gasteiger partial charge in [-0.1, -0.05) is 24.3 Å². The molecule has 0 aromatic heterocycles. The zero-order chi connectivity index (χ0) is 24.7. The molecular weight excluding hydrogens is 424 g/mol. The second-order valence-corrected chi connectivity index (χ2v) is 8.64. The summed E-state index contributed by atoms with van der Waals surface area (Å²) in [6.45, 7) is 12.2. The predicted molar refractivity (Wildman–Crippen MR) is 141 cm³/mol. The van der Waals surface area contributed by atoms with Gasteiger partial charge in [0.2, 0.25) is 0 Å². The Hall–Kier alpha value is -3.34. The summed E-state index contributed by atoms with van der Waals surface area (Å²) in [5, 5.41) is 9.72. The number of nitrogens with zero attached hydrogens (tertiary/aromatic N) is 2. The van der Waals surface area contributed by atoms with Gasteiger partial charge in [-0.2, -0.15) is 0 Å². The highest BCUT2D eigenvalue weighted by molar-refractivity contribution is 6.14. The van der Waals surface area contributed by atoms with Crippen molar-refractivity contribution in [1.29, 1.82) is 0 Å². The number of ketones is 1. The number of rotatable bonds is 9. The van der Waals surface area contributed by atoms with Crippen LogP contribution >= 0.6 is 0 Å². The molecular formula is C29H36N2O3. The Morgan fingerprint density at radius 2 is 1.12 bits per heavy atom. The summed E-state index contributed by atoms with van der Waals surface area (Å²) in [5.41, 5.74) is 5.21. The third-order valence-corrected chi connectivity index (χ3v) is 6.59. The molecule has 0 heterocycles. The van der Waals surface area contributed by atoms with Crippen LogP contribution in [0.4, 0.5) is 11.4 Å². The minimum Gasteiger partial charge on any atom is -0.481 e. The molecule has 1 aliphatic rings. The molecule has 0 atom stereocenters. The number of hydrogen-bond acceptors (Lipinski definition) is 4. The molecule has 34 heavy (non-hydrogen) atoms. The first-order valence-electron chi connectivity index (χ1n) is 12.3. The molecule has 2 aromatic carbocycles. The lowest BCUT2D eigenvalue weighted by atomic mass is 9.80. The molecule has 1 aliphatic carbocycles. The summed E-state index contributed by atoms with van der Waals surface area (Å²) in [5.74, 6) is -1.52. The van der Waals surface area contributed by atoms with Gasteiger partial charge in [0.1, 0.15) is 0 Å². The number of hydrogen-bond donors (Lipinski definition) is 1. The van der Waals surface area contributed by atoms with E-state index in [9.17, 15) is 14.7 Å². The van der Waals surface area contributed by atoms with E-state index in [4.69, 9.17) is 0 Å². The molecule has 2 aromatic rings. The molecule has 1 fully saturated rings. The van der Waals surface area contributed by atoms with Gasteiger partial charge in [-0.05, 0) is 88.1 Å². The molecule has 1 N–H and O–H groups in total. The van der Waals surface area contributed by atoms with Crippen LogP contribution in [0.5, 0.6) is 0 Å².